The lowest BCUT2D eigenvalue weighted by molar-refractivity contribution is 0.141. The molecule has 0 aliphatic rings. The van der Waals surface area contributed by atoms with Gasteiger partial charge in [-0.25, -0.2) is 0 Å². The monoisotopic (exact) mass is 297 g/mol. The van der Waals surface area contributed by atoms with Crippen LogP contribution in [-0.4, -0.2) is 51.0 Å². The summed E-state index contributed by atoms with van der Waals surface area (Å²) in [4.78, 5) is 2.27. The number of hydrogen-bond acceptors (Lipinski definition) is 5. The highest BCUT2D eigenvalue weighted by Gasteiger charge is 2.21. The van der Waals surface area contributed by atoms with Gasteiger partial charge in [0.25, 0.3) is 0 Å². The fraction of sp³-hybridized carbons (Fsp3) is 0.625. The highest BCUT2D eigenvalue weighted by molar-refractivity contribution is 5.56. The quantitative estimate of drug-likeness (QED) is 0.759. The molecule has 0 aliphatic carbocycles. The van der Waals surface area contributed by atoms with E-state index in [-0.39, 0.29) is 0 Å². The number of hydrogen-bond donors (Lipinski definition) is 1. The molecule has 21 heavy (non-hydrogen) atoms. The van der Waals surface area contributed by atoms with Crippen LogP contribution in [0.2, 0.25) is 0 Å². The van der Waals surface area contributed by atoms with Crippen molar-refractivity contribution in [2.75, 3.05) is 41.0 Å². The molecule has 120 valence electrons. The summed E-state index contributed by atoms with van der Waals surface area (Å²) >= 11 is 0. The maximum Gasteiger partial charge on any atom is 0.203 e. The molecule has 1 atom stereocenters. The molecule has 5 heteroatoms. The molecule has 0 heterocycles. The minimum Gasteiger partial charge on any atom is -0.493 e. The minimum atomic E-state index is -0.597. The second-order valence-electron chi connectivity index (χ2n) is 4.75. The van der Waals surface area contributed by atoms with E-state index in [0.29, 0.717) is 23.7 Å². The highest BCUT2D eigenvalue weighted by Crippen LogP contribution is 2.42. The smallest absolute Gasteiger partial charge is 0.203 e. The molecule has 1 aromatic rings. The van der Waals surface area contributed by atoms with Crippen molar-refractivity contribution < 1.29 is 19.3 Å². The first-order chi connectivity index (χ1) is 10.1. The summed E-state index contributed by atoms with van der Waals surface area (Å²) < 4.78 is 16.0. The van der Waals surface area contributed by atoms with Crippen molar-refractivity contribution >= 4 is 0 Å². The summed E-state index contributed by atoms with van der Waals surface area (Å²) in [5, 5.41) is 10.5. The van der Waals surface area contributed by atoms with Crippen LogP contribution in [0.1, 0.15) is 31.9 Å². The van der Waals surface area contributed by atoms with E-state index in [1.54, 1.807) is 27.4 Å². The first kappa shape index (κ1) is 17.6. The molecule has 0 saturated carbocycles. The summed E-state index contributed by atoms with van der Waals surface area (Å²) in [5.74, 6) is 1.64. The Labute approximate surface area is 127 Å². The summed E-state index contributed by atoms with van der Waals surface area (Å²) in [6.45, 7) is 7.03. The van der Waals surface area contributed by atoms with Gasteiger partial charge in [-0.3, -0.25) is 0 Å². The average Bonchev–Trinajstić information content (AvgIpc) is 2.53. The van der Waals surface area contributed by atoms with Gasteiger partial charge in [-0.15, -0.1) is 0 Å². The molecule has 1 rings (SSSR count). The van der Waals surface area contributed by atoms with E-state index in [0.717, 1.165) is 25.2 Å². The Hall–Kier alpha value is -1.46. The highest BCUT2D eigenvalue weighted by atomic mass is 16.5. The van der Waals surface area contributed by atoms with Gasteiger partial charge in [0.15, 0.2) is 11.5 Å². The molecule has 0 saturated heterocycles. The second kappa shape index (κ2) is 8.74. The van der Waals surface area contributed by atoms with Crippen molar-refractivity contribution in [3.8, 4) is 17.2 Å². The van der Waals surface area contributed by atoms with Gasteiger partial charge in [-0.2, -0.15) is 0 Å². The van der Waals surface area contributed by atoms with E-state index >= 15 is 0 Å². The van der Waals surface area contributed by atoms with Crippen molar-refractivity contribution in [1.29, 1.82) is 0 Å². The van der Waals surface area contributed by atoms with Crippen LogP contribution in [0.4, 0.5) is 0 Å². The van der Waals surface area contributed by atoms with Crippen LogP contribution >= 0.6 is 0 Å². The fourth-order valence-electron chi connectivity index (χ4n) is 2.39. The zero-order valence-corrected chi connectivity index (χ0v) is 13.7. The summed E-state index contributed by atoms with van der Waals surface area (Å²) in [6.07, 6.45) is 0.0495. The van der Waals surface area contributed by atoms with Gasteiger partial charge in [-0.1, -0.05) is 13.8 Å². The Bertz CT molecular complexity index is 433. The van der Waals surface area contributed by atoms with E-state index in [4.69, 9.17) is 14.2 Å². The van der Waals surface area contributed by atoms with Crippen LogP contribution in [-0.2, 0) is 0 Å². The van der Waals surface area contributed by atoms with Crippen molar-refractivity contribution in [2.45, 2.75) is 26.4 Å². The van der Waals surface area contributed by atoms with E-state index in [9.17, 15) is 5.11 Å². The van der Waals surface area contributed by atoms with E-state index in [1.165, 1.54) is 0 Å². The lowest BCUT2D eigenvalue weighted by Crippen LogP contribution is -2.25. The summed E-state index contributed by atoms with van der Waals surface area (Å²) in [5.41, 5.74) is 0.724. The zero-order valence-electron chi connectivity index (χ0n) is 13.7. The Morgan fingerprint density at radius 1 is 1.00 bits per heavy atom. The number of methoxy groups -OCH3 is 3. The van der Waals surface area contributed by atoms with Crippen LogP contribution in [0.15, 0.2) is 12.1 Å². The number of ether oxygens (including phenoxy) is 3. The predicted molar refractivity (Wildman–Crippen MR) is 83.5 cm³/mol. The first-order valence-corrected chi connectivity index (χ1v) is 7.32. The van der Waals surface area contributed by atoms with Crippen LogP contribution in [0.25, 0.3) is 0 Å². The van der Waals surface area contributed by atoms with E-state index < -0.39 is 6.10 Å². The number of benzene rings is 1. The van der Waals surface area contributed by atoms with Crippen molar-refractivity contribution in [2.24, 2.45) is 0 Å². The molecule has 1 aromatic carbocycles. The number of aliphatic hydroxyl groups is 1. The van der Waals surface area contributed by atoms with Gasteiger partial charge < -0.3 is 24.2 Å². The first-order valence-electron chi connectivity index (χ1n) is 7.32. The third-order valence-corrected chi connectivity index (χ3v) is 3.71. The molecule has 1 unspecified atom stereocenters. The lowest BCUT2D eigenvalue weighted by Gasteiger charge is -2.22. The molecule has 0 aromatic heterocycles. The van der Waals surface area contributed by atoms with Gasteiger partial charge >= 0.3 is 0 Å². The lowest BCUT2D eigenvalue weighted by atomic mass is 10.0. The Morgan fingerprint density at radius 3 is 2.10 bits per heavy atom. The zero-order chi connectivity index (χ0) is 15.8. The normalized spacial score (nSPS) is 12.3. The maximum absolute atomic E-state index is 10.5. The maximum atomic E-state index is 10.5. The van der Waals surface area contributed by atoms with E-state index in [2.05, 4.69) is 18.7 Å². The van der Waals surface area contributed by atoms with Gasteiger partial charge in [-0.05, 0) is 31.6 Å². The Balaban J connectivity index is 2.95. The number of nitrogens with zero attached hydrogens (tertiary/aromatic N) is 1. The van der Waals surface area contributed by atoms with Crippen LogP contribution in [0, 0.1) is 0 Å². The Morgan fingerprint density at radius 2 is 1.62 bits per heavy atom. The minimum absolute atomic E-state index is 0.513. The van der Waals surface area contributed by atoms with Crippen LogP contribution in [0.5, 0.6) is 17.2 Å². The molecule has 0 fully saturated rings. The average molecular weight is 297 g/mol. The molecule has 0 amide bonds. The van der Waals surface area contributed by atoms with Gasteiger partial charge in [0, 0.05) is 12.1 Å². The Kier molecular flexibility index (Phi) is 7.32. The predicted octanol–water partition coefficient (Wildman–Crippen LogP) is 2.48. The topological polar surface area (TPSA) is 51.2 Å². The van der Waals surface area contributed by atoms with Crippen molar-refractivity contribution in [3.05, 3.63) is 17.7 Å². The molecule has 0 radical (unpaired) electrons. The molecular formula is C16H27NO4. The standard InChI is InChI=1S/C16H27NO4/c1-6-17(7-2)11-10-13(18)12-8-9-14(19-3)16(21-5)15(12)20-4/h8-9,13,18H,6-7,10-11H2,1-5H3. The molecule has 5 nitrogen and oxygen atoms in total. The molecule has 0 aliphatic heterocycles. The van der Waals surface area contributed by atoms with Crippen LogP contribution in [0.3, 0.4) is 0 Å². The van der Waals surface area contributed by atoms with Crippen molar-refractivity contribution in [1.82, 2.24) is 4.90 Å². The molecule has 0 spiro atoms. The fourth-order valence-corrected chi connectivity index (χ4v) is 2.39. The third-order valence-electron chi connectivity index (χ3n) is 3.71. The van der Waals surface area contributed by atoms with Gasteiger partial charge in [0.05, 0.1) is 27.4 Å². The van der Waals surface area contributed by atoms with Crippen LogP contribution < -0.4 is 14.2 Å². The number of rotatable bonds is 9. The van der Waals surface area contributed by atoms with Gasteiger partial charge in [0.1, 0.15) is 0 Å². The number of aliphatic hydroxyl groups excluding tert-OH is 1. The largest absolute Gasteiger partial charge is 0.493 e. The molecule has 0 bridgehead atoms. The van der Waals surface area contributed by atoms with Crippen molar-refractivity contribution in [3.63, 3.8) is 0 Å². The van der Waals surface area contributed by atoms with E-state index in [1.807, 2.05) is 6.07 Å². The summed E-state index contributed by atoms with van der Waals surface area (Å²) in [6, 6.07) is 3.62. The van der Waals surface area contributed by atoms with Gasteiger partial charge in [0.2, 0.25) is 5.75 Å². The second-order valence-corrected chi connectivity index (χ2v) is 4.75. The molecular weight excluding hydrogens is 270 g/mol. The third kappa shape index (κ3) is 4.25. The summed E-state index contributed by atoms with van der Waals surface area (Å²) in [7, 11) is 4.71. The SMILES string of the molecule is CCN(CC)CCC(O)c1ccc(OC)c(OC)c1OC. The molecule has 1 N–H and O–H groups in total.